The number of ether oxygens (including phenoxy) is 1. The molecule has 0 atom stereocenters. The van der Waals surface area contributed by atoms with Crippen molar-refractivity contribution >= 4 is 27.3 Å². The number of nitrogens with one attached hydrogen (secondary N) is 1. The fourth-order valence-electron chi connectivity index (χ4n) is 2.81. The molecule has 0 radical (unpaired) electrons. The lowest BCUT2D eigenvalue weighted by Gasteiger charge is -2.19. The lowest BCUT2D eigenvalue weighted by Crippen LogP contribution is -2.26. The molecule has 0 aliphatic carbocycles. The summed E-state index contributed by atoms with van der Waals surface area (Å²) in [4.78, 5) is 12.6. The Bertz CT molecular complexity index is 1170. The molecule has 0 aromatic heterocycles. The first-order valence-corrected chi connectivity index (χ1v) is 10.9. The summed E-state index contributed by atoms with van der Waals surface area (Å²) in [6.07, 6.45) is 0. The molecule has 1 N–H and O–H groups in total. The van der Waals surface area contributed by atoms with Gasteiger partial charge in [0.05, 0.1) is 23.4 Å². The number of carbonyl (C=O) groups excluding carboxylic acids is 1. The first-order chi connectivity index (χ1) is 14.8. The van der Waals surface area contributed by atoms with E-state index in [0.717, 1.165) is 11.3 Å². The molecular formula is C23H23N3O4S. The molecule has 0 saturated heterocycles. The number of rotatable bonds is 7. The number of nitrogens with zero attached hydrogens (tertiary/aromatic N) is 2. The highest BCUT2D eigenvalue weighted by atomic mass is 32.2. The van der Waals surface area contributed by atoms with E-state index in [1.807, 2.05) is 24.3 Å². The zero-order valence-electron chi connectivity index (χ0n) is 17.4. The molecule has 1 amide bonds. The van der Waals surface area contributed by atoms with Crippen LogP contribution >= 0.6 is 0 Å². The van der Waals surface area contributed by atoms with Crippen LogP contribution in [-0.2, 0) is 10.0 Å². The fourth-order valence-corrected chi connectivity index (χ4v) is 4.02. The van der Waals surface area contributed by atoms with Crippen molar-refractivity contribution in [1.29, 1.82) is 0 Å². The highest BCUT2D eigenvalue weighted by Crippen LogP contribution is 2.22. The number of amides is 1. The summed E-state index contributed by atoms with van der Waals surface area (Å²) in [5.41, 5.74) is 4.81. The SMILES string of the molecule is COc1ccc(/C(C)=N/NC(=O)c2ccc(N(C)S(=O)(=O)c3ccccc3)cc2)cc1. The molecule has 31 heavy (non-hydrogen) atoms. The van der Waals surface area contributed by atoms with Gasteiger partial charge in [-0.25, -0.2) is 13.8 Å². The van der Waals surface area contributed by atoms with Crippen LogP contribution < -0.4 is 14.5 Å². The van der Waals surface area contributed by atoms with Gasteiger partial charge in [0.15, 0.2) is 0 Å². The van der Waals surface area contributed by atoms with Crippen LogP contribution in [0.15, 0.2) is 88.9 Å². The monoisotopic (exact) mass is 437 g/mol. The van der Waals surface area contributed by atoms with Gasteiger partial charge in [-0.15, -0.1) is 0 Å². The number of methoxy groups -OCH3 is 1. The smallest absolute Gasteiger partial charge is 0.271 e. The third-order valence-electron chi connectivity index (χ3n) is 4.73. The third kappa shape index (κ3) is 5.10. The lowest BCUT2D eigenvalue weighted by atomic mass is 10.1. The molecule has 0 spiro atoms. The Labute approximate surface area is 182 Å². The van der Waals surface area contributed by atoms with E-state index in [1.165, 1.54) is 23.5 Å². The Morgan fingerprint density at radius 1 is 0.903 bits per heavy atom. The molecule has 3 aromatic carbocycles. The molecule has 8 heteroatoms. The van der Waals surface area contributed by atoms with Gasteiger partial charge in [-0.1, -0.05) is 18.2 Å². The van der Waals surface area contributed by atoms with E-state index < -0.39 is 15.9 Å². The Morgan fingerprint density at radius 2 is 1.48 bits per heavy atom. The van der Waals surface area contributed by atoms with Gasteiger partial charge in [0.2, 0.25) is 0 Å². The molecular weight excluding hydrogens is 414 g/mol. The number of hydrogen-bond donors (Lipinski definition) is 1. The predicted molar refractivity (Wildman–Crippen MR) is 121 cm³/mol. The zero-order valence-corrected chi connectivity index (χ0v) is 18.3. The summed E-state index contributed by atoms with van der Waals surface area (Å²) in [5.74, 6) is 0.341. The van der Waals surface area contributed by atoms with Gasteiger partial charge in [0.1, 0.15) is 5.75 Å². The van der Waals surface area contributed by atoms with Crippen molar-refractivity contribution in [2.75, 3.05) is 18.5 Å². The topological polar surface area (TPSA) is 88.1 Å². The highest BCUT2D eigenvalue weighted by Gasteiger charge is 2.21. The van der Waals surface area contributed by atoms with Crippen LogP contribution in [0.3, 0.4) is 0 Å². The molecule has 0 unspecified atom stereocenters. The van der Waals surface area contributed by atoms with Crippen molar-refractivity contribution in [3.8, 4) is 5.75 Å². The fraction of sp³-hybridized carbons (Fsp3) is 0.130. The highest BCUT2D eigenvalue weighted by molar-refractivity contribution is 7.92. The van der Waals surface area contributed by atoms with E-state index in [9.17, 15) is 13.2 Å². The Kier molecular flexibility index (Phi) is 6.71. The Balaban J connectivity index is 1.69. The van der Waals surface area contributed by atoms with E-state index in [4.69, 9.17) is 4.74 Å². The summed E-state index contributed by atoms with van der Waals surface area (Å²) in [6.45, 7) is 1.79. The van der Waals surface area contributed by atoms with Crippen LogP contribution in [0, 0.1) is 0 Å². The maximum absolute atomic E-state index is 12.7. The second-order valence-electron chi connectivity index (χ2n) is 6.70. The average Bonchev–Trinajstić information content (AvgIpc) is 2.82. The molecule has 0 aliphatic heterocycles. The lowest BCUT2D eigenvalue weighted by molar-refractivity contribution is 0.0955. The van der Waals surface area contributed by atoms with Crippen LogP contribution in [0.25, 0.3) is 0 Å². The van der Waals surface area contributed by atoms with Crippen molar-refractivity contribution in [1.82, 2.24) is 5.43 Å². The van der Waals surface area contributed by atoms with Gasteiger partial charge in [-0.2, -0.15) is 5.10 Å². The van der Waals surface area contributed by atoms with E-state index in [0.29, 0.717) is 17.0 Å². The minimum absolute atomic E-state index is 0.197. The van der Waals surface area contributed by atoms with Gasteiger partial charge in [0.25, 0.3) is 15.9 Å². The van der Waals surface area contributed by atoms with Gasteiger partial charge in [-0.05, 0) is 73.2 Å². The number of hydrazone groups is 1. The minimum Gasteiger partial charge on any atom is -0.497 e. The number of benzene rings is 3. The van der Waals surface area contributed by atoms with Crippen LogP contribution in [-0.4, -0.2) is 34.2 Å². The second kappa shape index (κ2) is 9.44. The number of hydrogen-bond acceptors (Lipinski definition) is 5. The number of anilines is 1. The Morgan fingerprint density at radius 3 is 2.06 bits per heavy atom. The minimum atomic E-state index is -3.68. The third-order valence-corrected chi connectivity index (χ3v) is 6.53. The van der Waals surface area contributed by atoms with Crippen molar-refractivity contribution in [2.24, 2.45) is 5.10 Å². The molecule has 7 nitrogen and oxygen atoms in total. The molecule has 3 aromatic rings. The van der Waals surface area contributed by atoms with Crippen molar-refractivity contribution in [3.05, 3.63) is 90.0 Å². The van der Waals surface area contributed by atoms with E-state index in [1.54, 1.807) is 56.5 Å². The molecule has 0 bridgehead atoms. The quantitative estimate of drug-likeness (QED) is 0.451. The van der Waals surface area contributed by atoms with Gasteiger partial charge in [0, 0.05) is 12.6 Å². The predicted octanol–water partition coefficient (Wildman–Crippen LogP) is 3.67. The molecule has 0 saturated carbocycles. The molecule has 0 heterocycles. The van der Waals surface area contributed by atoms with Crippen LogP contribution in [0.2, 0.25) is 0 Å². The van der Waals surface area contributed by atoms with E-state index in [-0.39, 0.29) is 4.90 Å². The van der Waals surface area contributed by atoms with Crippen molar-refractivity contribution in [2.45, 2.75) is 11.8 Å². The Hall–Kier alpha value is -3.65. The summed E-state index contributed by atoms with van der Waals surface area (Å²) >= 11 is 0. The maximum Gasteiger partial charge on any atom is 0.271 e. The van der Waals surface area contributed by atoms with Gasteiger partial charge < -0.3 is 4.74 Å². The largest absolute Gasteiger partial charge is 0.497 e. The van der Waals surface area contributed by atoms with Crippen molar-refractivity contribution < 1.29 is 17.9 Å². The molecule has 0 fully saturated rings. The van der Waals surface area contributed by atoms with Crippen molar-refractivity contribution in [3.63, 3.8) is 0 Å². The molecule has 0 aliphatic rings. The number of sulfonamides is 1. The average molecular weight is 438 g/mol. The first-order valence-electron chi connectivity index (χ1n) is 9.46. The second-order valence-corrected chi connectivity index (χ2v) is 8.67. The van der Waals surface area contributed by atoms with Crippen LogP contribution in [0.1, 0.15) is 22.8 Å². The number of carbonyl (C=O) groups is 1. The van der Waals surface area contributed by atoms with Gasteiger partial charge >= 0.3 is 0 Å². The summed E-state index contributed by atoms with van der Waals surface area (Å²) < 4.78 is 31.8. The van der Waals surface area contributed by atoms with Crippen LogP contribution in [0.4, 0.5) is 5.69 Å². The molecule has 160 valence electrons. The summed E-state index contributed by atoms with van der Waals surface area (Å²) in [5, 5.41) is 4.13. The summed E-state index contributed by atoms with van der Waals surface area (Å²) in [7, 11) is -0.615. The standard InChI is InChI=1S/C23H23N3O4S/c1-17(18-11-15-21(30-3)16-12-18)24-25-23(27)19-9-13-20(14-10-19)26(2)31(28,29)22-7-5-4-6-8-22/h4-16H,1-3H3,(H,25,27)/b24-17+. The van der Waals surface area contributed by atoms with Crippen LogP contribution in [0.5, 0.6) is 5.75 Å². The van der Waals surface area contributed by atoms with E-state index in [2.05, 4.69) is 10.5 Å². The van der Waals surface area contributed by atoms with E-state index >= 15 is 0 Å². The molecule has 3 rings (SSSR count). The maximum atomic E-state index is 12.7. The van der Waals surface area contributed by atoms with Gasteiger partial charge in [-0.3, -0.25) is 9.10 Å². The summed E-state index contributed by atoms with van der Waals surface area (Å²) in [6, 6.07) is 21.8. The zero-order chi connectivity index (χ0) is 22.4. The normalized spacial score (nSPS) is 11.6. The first kappa shape index (κ1) is 22.0.